The van der Waals surface area contributed by atoms with E-state index in [-0.39, 0.29) is 127 Å². The van der Waals surface area contributed by atoms with Gasteiger partial charge in [0, 0.05) is 123 Å². The number of imide groups is 3. The van der Waals surface area contributed by atoms with Crippen molar-refractivity contribution < 1.29 is 125 Å². The first-order valence-electron chi connectivity index (χ1n) is 42.0. The first kappa shape index (κ1) is 94.2. The molecule has 14 aromatic carbocycles. The average Bonchev–Trinajstić information content (AvgIpc) is 1.51. The fourth-order valence-corrected chi connectivity index (χ4v) is 17.0. The molecule has 7 amide bonds. The molecule has 0 saturated carbocycles. The Balaban J connectivity index is 0.000000126. The van der Waals surface area contributed by atoms with E-state index in [2.05, 4.69) is 55.2 Å². The van der Waals surface area contributed by atoms with Crippen LogP contribution in [0, 0.1) is 0 Å². The molecule has 0 unspecified atom stereocenters. The van der Waals surface area contributed by atoms with Crippen LogP contribution in [0.2, 0.25) is 0 Å². The van der Waals surface area contributed by atoms with Crippen molar-refractivity contribution in [3.63, 3.8) is 0 Å². The van der Waals surface area contributed by atoms with Gasteiger partial charge < -0.3 is 49.7 Å². The van der Waals surface area contributed by atoms with Crippen molar-refractivity contribution in [2.24, 2.45) is 15.3 Å². The van der Waals surface area contributed by atoms with E-state index in [1.165, 1.54) is 138 Å². The van der Waals surface area contributed by atoms with Gasteiger partial charge in [0.25, 0.3) is 35.4 Å². The van der Waals surface area contributed by atoms with Gasteiger partial charge in [-0.05, 0) is 230 Å². The number of azide groups is 1. The number of rotatable bonds is 17. The van der Waals surface area contributed by atoms with Crippen LogP contribution in [0.1, 0.15) is 48.9 Å². The molecule has 0 saturated heterocycles. The van der Waals surface area contributed by atoms with Crippen LogP contribution < -0.4 is 70.3 Å². The molecule has 5 heterocycles. The molecule has 0 aromatic heterocycles. The molecular weight excluding hydrogens is 1810 g/mol. The predicted molar refractivity (Wildman–Crippen MR) is 512 cm³/mol. The van der Waals surface area contributed by atoms with Crippen LogP contribution in [-0.2, 0) is 63.6 Å². The van der Waals surface area contributed by atoms with Gasteiger partial charge in [-0.1, -0.05) is 120 Å². The third-order valence-electron chi connectivity index (χ3n) is 22.9. The molecular formula is C105H69N11NaO21S-. The molecule has 0 fully saturated rings. The molecule has 5 N–H and O–H groups in total. The Hall–Kier alpha value is -18.0. The minimum Gasteiger partial charge on any atom is -0.872 e. The topological polar surface area (TPSA) is 479 Å². The molecule has 139 heavy (non-hydrogen) atoms. The number of allylic oxidation sites excluding steroid dienone is 2. The number of azo groups is 1. The van der Waals surface area contributed by atoms with Crippen LogP contribution in [0.3, 0.4) is 0 Å². The van der Waals surface area contributed by atoms with Crippen LogP contribution >= 0.6 is 0 Å². The number of fused-ring (bicyclic) bond motifs is 4. The summed E-state index contributed by atoms with van der Waals surface area (Å²) in [7, 11) is -0.535. The second kappa shape index (κ2) is 39.3. The number of esters is 1. The van der Waals surface area contributed by atoms with Gasteiger partial charge in [-0.25, -0.2) is 32.7 Å². The maximum atomic E-state index is 12.8. The van der Waals surface area contributed by atoms with E-state index < -0.39 is 51.3 Å². The number of nitrogens with one attached hydrogen (secondary N) is 2. The molecule has 0 radical (unpaired) electrons. The van der Waals surface area contributed by atoms with Crippen molar-refractivity contribution in [2.45, 2.75) is 16.4 Å². The summed E-state index contributed by atoms with van der Waals surface area (Å²) in [5, 5.41) is 67.2. The van der Waals surface area contributed by atoms with E-state index in [1.54, 1.807) is 109 Å². The molecule has 21 rings (SSSR count). The minimum absolute atomic E-state index is 0. The number of anilines is 7. The molecule has 5 aliphatic heterocycles. The number of carbonyl (C=O) groups is 11. The fourth-order valence-electron chi connectivity index (χ4n) is 16.5. The van der Waals surface area contributed by atoms with Crippen LogP contribution in [0.5, 0.6) is 17.2 Å². The van der Waals surface area contributed by atoms with E-state index in [0.717, 1.165) is 77.0 Å². The maximum absolute atomic E-state index is 12.8. The zero-order valence-corrected chi connectivity index (χ0v) is 76.0. The number of phenolic OH excluding ortho intramolecular Hbond substituents is 2. The quantitative estimate of drug-likeness (QED) is 0.00540. The summed E-state index contributed by atoms with van der Waals surface area (Å²) in [6.45, 7) is -0.371. The number of hydrogen-bond donors (Lipinski definition) is 5. The first-order valence-corrected chi connectivity index (χ1v) is 43.4. The van der Waals surface area contributed by atoms with Gasteiger partial charge in [0.2, 0.25) is 5.91 Å². The summed E-state index contributed by atoms with van der Waals surface area (Å²) >= 11 is 0. The molecule has 14 aromatic rings. The van der Waals surface area contributed by atoms with Gasteiger partial charge in [-0.15, -0.1) is 5.75 Å². The summed E-state index contributed by atoms with van der Waals surface area (Å²) < 4.78 is 45.1. The summed E-state index contributed by atoms with van der Waals surface area (Å²) in [6.07, 6.45) is 9.98. The van der Waals surface area contributed by atoms with Crippen molar-refractivity contribution in [1.82, 2.24) is 0 Å². The Morgan fingerprint density at radius 3 is 1.60 bits per heavy atom. The molecule has 34 heteroatoms. The number of aromatic carboxylic acids is 1. The number of carboxylic acids is 1. The number of amides is 7. The molecule has 32 nitrogen and oxygen atoms in total. The zero-order valence-electron chi connectivity index (χ0n) is 73.2. The Labute approximate surface area is 809 Å². The maximum Gasteiger partial charge on any atom is 1.00 e. The van der Waals surface area contributed by atoms with Gasteiger partial charge in [0.1, 0.15) is 45.4 Å². The number of benzene rings is 15. The molecule has 2 aliphatic carbocycles. The summed E-state index contributed by atoms with van der Waals surface area (Å²) in [5.74, 6) is -5.87. The number of ether oxygens (including phenoxy) is 1. The second-order valence-corrected chi connectivity index (χ2v) is 33.2. The Kier molecular flexibility index (Phi) is 26.6. The second-order valence-electron chi connectivity index (χ2n) is 31.8. The van der Waals surface area contributed by atoms with Crippen molar-refractivity contribution in [2.75, 3.05) is 50.9 Å². The van der Waals surface area contributed by atoms with Crippen LogP contribution in [-0.4, -0.2) is 114 Å². The molecule has 0 spiro atoms. The SMILES string of the molecule is CN(C)c1ccc(N=Nc2ccc(C3C(=O)C=CC3=O)cc2)cc1.O=C(O)c1cc(N2C(=O)C=CC2=O)ccc1-c1c2ccc(=O)cc-2oc2cc([O-])ccc12.O=C1C=CC(=O)N1c1ccc(Nc2ccc3cc(S(=O)(=O)[O-])ccc3c2)cc1.O=C1C=CC(=O)N1c1ccc2ccc3cccc4ccc1c2c34.[N-]=[N+]=NCC(=O)Nc1ccc2c(c1)C(c1ccc(O)cc1)(c1ccc(O)cc1)OC2=O.[Na+]. The summed E-state index contributed by atoms with van der Waals surface area (Å²) in [5.41, 5.74) is 16.2. The number of aromatic hydroxyl groups is 2. The van der Waals surface area contributed by atoms with Gasteiger partial charge in [-0.3, -0.25) is 47.9 Å². The molecule has 0 bridgehead atoms. The van der Waals surface area contributed by atoms with Crippen molar-refractivity contribution >= 4 is 180 Å². The summed E-state index contributed by atoms with van der Waals surface area (Å²) in [4.78, 5) is 151. The standard InChI is InChI=1S/C24H13NO7.C22H16N4O5.C20H14N2O5S.C20H11NO2.C19H17N3O2.Na/c26-13-2-5-16-19(10-13)32-20-11-14(27)3-6-17(20)23(16)15-4-1-12(9-18(15)24(30)31)25-21(28)7-8-22(25)29;23-26-24-12-20(29)25-15-5-10-18-19(11-15)22(31-21(18)30,13-1-6-16(27)7-2-13)14-3-8-17(28)9-4-14;23-19-9-10-20(24)22(19)17-6-4-15(5-7-17)21-16-3-1-14-12-18(28(25,26)27)8-2-13(14)11-16;22-17-10-11-18(23)21(17)16-9-7-14-5-4-12-2-1-3-13-6-8-15(16)20(14)19(12)13;1-22(2)16-9-7-15(8-10-16)21-20-14-5-3-13(4-6-14)19-17(23)11-12-18(19)24;/h1-11,26H,(H,30,31);1-11,27-28H,12H2,(H,25,29);1-12,21H,(H,25,26,27);1-11H;3-12,19H,1-2H3;/q;;;;;+1/p-2. The fraction of sp³-hybridized carbons (Fsp3) is 0.0476. The zero-order chi connectivity index (χ0) is 97.1. The average molecular weight is 1880 g/mol. The number of carboxylic acid groups (broad SMARTS) is 1. The van der Waals surface area contributed by atoms with Crippen molar-refractivity contribution in [1.29, 1.82) is 0 Å². The number of cyclic esters (lactones) is 1. The van der Waals surface area contributed by atoms with Crippen LogP contribution in [0.15, 0.2) is 363 Å². The summed E-state index contributed by atoms with van der Waals surface area (Å²) in [6, 6.07) is 79.0. The molecule has 0 atom stereocenters. The third-order valence-corrected chi connectivity index (χ3v) is 23.8. The van der Waals surface area contributed by atoms with Crippen molar-refractivity contribution in [3.8, 4) is 39.7 Å². The largest absolute Gasteiger partial charge is 1.00 e. The van der Waals surface area contributed by atoms with E-state index in [4.69, 9.17) is 14.7 Å². The van der Waals surface area contributed by atoms with Crippen LogP contribution in [0.25, 0.3) is 87.0 Å². The number of hydrogen-bond acceptors (Lipinski definition) is 25. The molecule has 678 valence electrons. The van der Waals surface area contributed by atoms with Gasteiger partial charge in [-0.2, -0.15) is 10.2 Å². The number of nitrogens with zero attached hydrogens (tertiary/aromatic N) is 9. The van der Waals surface area contributed by atoms with Gasteiger partial charge >= 0.3 is 41.5 Å². The third kappa shape index (κ3) is 19.5. The van der Waals surface area contributed by atoms with Gasteiger partial charge in [0.05, 0.1) is 44.5 Å². The number of phenols is 2. The van der Waals surface area contributed by atoms with Crippen molar-refractivity contribution in [3.05, 3.63) is 388 Å². The smallest absolute Gasteiger partial charge is 0.872 e. The van der Waals surface area contributed by atoms with E-state index in [9.17, 15) is 90.9 Å². The van der Waals surface area contributed by atoms with Crippen LogP contribution in [0.4, 0.5) is 51.2 Å². The van der Waals surface area contributed by atoms with E-state index in [0.29, 0.717) is 72.5 Å². The monoisotopic (exact) mass is 1870 g/mol. The minimum atomic E-state index is -4.49. The Bertz CT molecular complexity index is 8050. The Morgan fingerprint density at radius 1 is 0.504 bits per heavy atom. The molecule has 7 aliphatic rings. The van der Waals surface area contributed by atoms with E-state index in [1.807, 2.05) is 79.7 Å². The number of ketones is 2. The number of carbonyl (C=O) groups excluding carboxylic acids is 10. The van der Waals surface area contributed by atoms with E-state index >= 15 is 0 Å². The predicted octanol–water partition coefficient (Wildman–Crippen LogP) is 14.5. The normalized spacial score (nSPS) is 14.0. The van der Waals surface area contributed by atoms with Gasteiger partial charge in [0.15, 0.2) is 22.6 Å². The first-order chi connectivity index (χ1) is 66.4. The Morgan fingerprint density at radius 2 is 1.01 bits per heavy atom.